The molecule has 3 aromatic carbocycles. The van der Waals surface area contributed by atoms with E-state index in [0.29, 0.717) is 10.5 Å². The van der Waals surface area contributed by atoms with Gasteiger partial charge in [0.1, 0.15) is 5.75 Å². The summed E-state index contributed by atoms with van der Waals surface area (Å²) in [5.41, 5.74) is 5.00. The Morgan fingerprint density at radius 2 is 1.64 bits per heavy atom. The maximum absolute atomic E-state index is 9.37. The molecule has 138 valence electrons. The van der Waals surface area contributed by atoms with Crippen LogP contribution in [0.5, 0.6) is 5.75 Å². The lowest BCUT2D eigenvalue weighted by Crippen LogP contribution is -2.29. The van der Waals surface area contributed by atoms with Gasteiger partial charge in [-0.05, 0) is 58.4 Å². The quantitative estimate of drug-likeness (QED) is 0.520. The Morgan fingerprint density at radius 1 is 0.857 bits per heavy atom. The maximum atomic E-state index is 9.37. The molecule has 0 amide bonds. The summed E-state index contributed by atoms with van der Waals surface area (Å²) in [4.78, 5) is 4.78. The number of rotatable bonds is 4. The van der Waals surface area contributed by atoms with E-state index in [0.717, 1.165) is 39.0 Å². The first-order valence-corrected chi connectivity index (χ1v) is 9.14. The largest absolute Gasteiger partial charge is 0.497 e. The number of methoxy groups -OCH3 is 1. The molecule has 2 N–H and O–H groups in total. The lowest BCUT2D eigenvalue weighted by Gasteiger charge is -2.13. The van der Waals surface area contributed by atoms with Crippen molar-refractivity contribution in [1.82, 2.24) is 4.98 Å². The lowest BCUT2D eigenvalue weighted by atomic mass is 9.80. The van der Waals surface area contributed by atoms with E-state index in [4.69, 9.17) is 21.3 Å². The number of aromatic nitrogens is 1. The third kappa shape index (κ3) is 3.60. The van der Waals surface area contributed by atoms with Crippen LogP contribution in [-0.4, -0.2) is 29.3 Å². The average Bonchev–Trinajstić information content (AvgIpc) is 2.73. The zero-order valence-corrected chi connectivity index (χ0v) is 15.9. The van der Waals surface area contributed by atoms with Crippen LogP contribution in [0.1, 0.15) is 0 Å². The van der Waals surface area contributed by atoms with Crippen LogP contribution in [0.2, 0.25) is 5.02 Å². The Kier molecular flexibility index (Phi) is 5.05. The van der Waals surface area contributed by atoms with Crippen LogP contribution in [0.4, 0.5) is 0 Å². The highest BCUT2D eigenvalue weighted by Crippen LogP contribution is 2.35. The highest BCUT2D eigenvalue weighted by atomic mass is 35.5. The molecule has 0 spiro atoms. The molecule has 0 aliphatic heterocycles. The third-order valence-corrected chi connectivity index (χ3v) is 4.92. The Labute approximate surface area is 168 Å². The molecule has 1 heterocycles. The Morgan fingerprint density at radius 3 is 2.36 bits per heavy atom. The summed E-state index contributed by atoms with van der Waals surface area (Å²) in [5.74, 6) is 0.744. The molecule has 0 aliphatic carbocycles. The van der Waals surface area contributed by atoms with Gasteiger partial charge in [-0.1, -0.05) is 48.0 Å². The second-order valence-corrected chi connectivity index (χ2v) is 6.88. The van der Waals surface area contributed by atoms with Gasteiger partial charge in [0.05, 0.1) is 18.3 Å². The molecule has 0 saturated carbocycles. The first kappa shape index (κ1) is 18.5. The molecule has 0 saturated heterocycles. The predicted molar refractivity (Wildman–Crippen MR) is 114 cm³/mol. The fourth-order valence-corrected chi connectivity index (χ4v) is 3.32. The van der Waals surface area contributed by atoms with Crippen LogP contribution in [0.25, 0.3) is 33.3 Å². The van der Waals surface area contributed by atoms with Crippen LogP contribution < -0.4 is 10.2 Å². The van der Waals surface area contributed by atoms with Crippen LogP contribution in [0.3, 0.4) is 0 Å². The lowest BCUT2D eigenvalue weighted by molar-refractivity contribution is 0.415. The van der Waals surface area contributed by atoms with Gasteiger partial charge in [-0.3, -0.25) is 0 Å². The highest BCUT2D eigenvalue weighted by Gasteiger charge is 2.14. The van der Waals surface area contributed by atoms with Crippen molar-refractivity contribution in [1.29, 1.82) is 0 Å². The minimum absolute atomic E-state index is 0.435. The van der Waals surface area contributed by atoms with Crippen molar-refractivity contribution in [3.63, 3.8) is 0 Å². The third-order valence-electron chi connectivity index (χ3n) is 4.67. The average molecular weight is 390 g/mol. The standard InChI is InChI=1S/C22H17BClNO3/c1-28-18-8-9-19(14-2-6-17(24)7-3-14)20(13-18)22-10-4-15-12-16(23(26)27)5-11-21(15)25-22/h2-13,26-27H,1H3. The second kappa shape index (κ2) is 7.64. The molecular weight excluding hydrogens is 373 g/mol. The van der Waals surface area contributed by atoms with Gasteiger partial charge in [-0.15, -0.1) is 0 Å². The van der Waals surface area contributed by atoms with Crippen molar-refractivity contribution in [2.24, 2.45) is 0 Å². The fourth-order valence-electron chi connectivity index (χ4n) is 3.20. The van der Waals surface area contributed by atoms with Crippen molar-refractivity contribution < 1.29 is 14.8 Å². The van der Waals surface area contributed by atoms with Gasteiger partial charge in [-0.25, -0.2) is 4.98 Å². The van der Waals surface area contributed by atoms with Gasteiger partial charge in [-0.2, -0.15) is 0 Å². The van der Waals surface area contributed by atoms with Crippen molar-refractivity contribution >= 4 is 35.1 Å². The monoisotopic (exact) mass is 389 g/mol. The van der Waals surface area contributed by atoms with Crippen LogP contribution >= 0.6 is 11.6 Å². The highest BCUT2D eigenvalue weighted by molar-refractivity contribution is 6.58. The van der Waals surface area contributed by atoms with E-state index in [1.165, 1.54) is 0 Å². The molecule has 0 fully saturated rings. The molecule has 4 aromatic rings. The molecule has 0 radical (unpaired) electrons. The minimum Gasteiger partial charge on any atom is -0.497 e. The molecule has 28 heavy (non-hydrogen) atoms. The van der Waals surface area contributed by atoms with Crippen LogP contribution in [0.15, 0.2) is 72.8 Å². The SMILES string of the molecule is COc1ccc(-c2ccc(Cl)cc2)c(-c2ccc3cc(B(O)O)ccc3n2)c1. The van der Waals surface area contributed by atoms with Crippen molar-refractivity contribution in [2.45, 2.75) is 0 Å². The molecule has 0 bridgehead atoms. The van der Waals surface area contributed by atoms with Gasteiger partial charge in [0.15, 0.2) is 0 Å². The van der Waals surface area contributed by atoms with E-state index in [1.54, 1.807) is 25.3 Å². The second-order valence-electron chi connectivity index (χ2n) is 6.44. The summed E-state index contributed by atoms with van der Waals surface area (Å²) in [6.45, 7) is 0. The van der Waals surface area contributed by atoms with E-state index in [-0.39, 0.29) is 0 Å². The molecule has 4 rings (SSSR count). The molecule has 6 heteroatoms. The van der Waals surface area contributed by atoms with Crippen LogP contribution in [0, 0.1) is 0 Å². The Balaban J connectivity index is 1.87. The summed E-state index contributed by atoms with van der Waals surface area (Å²) in [6.07, 6.45) is 0. The summed E-state index contributed by atoms with van der Waals surface area (Å²) in [6, 6.07) is 22.6. The zero-order chi connectivity index (χ0) is 19.7. The van der Waals surface area contributed by atoms with Crippen molar-refractivity contribution in [3.8, 4) is 28.1 Å². The smallest absolute Gasteiger partial charge is 0.488 e. The number of halogens is 1. The molecule has 0 unspecified atom stereocenters. The number of pyridine rings is 1. The van der Waals surface area contributed by atoms with E-state index in [2.05, 4.69) is 0 Å². The fraction of sp³-hybridized carbons (Fsp3) is 0.0455. The summed E-state index contributed by atoms with van der Waals surface area (Å²) >= 11 is 6.04. The number of ether oxygens (including phenoxy) is 1. The van der Waals surface area contributed by atoms with Crippen LogP contribution in [-0.2, 0) is 0 Å². The van der Waals surface area contributed by atoms with E-state index in [9.17, 15) is 10.0 Å². The van der Waals surface area contributed by atoms with Gasteiger partial charge in [0.25, 0.3) is 0 Å². The van der Waals surface area contributed by atoms with E-state index < -0.39 is 7.12 Å². The number of benzene rings is 3. The van der Waals surface area contributed by atoms with E-state index >= 15 is 0 Å². The van der Waals surface area contributed by atoms with E-state index in [1.807, 2.05) is 54.6 Å². The first-order valence-electron chi connectivity index (χ1n) is 8.76. The number of nitrogens with zero attached hydrogens (tertiary/aromatic N) is 1. The Bertz CT molecular complexity index is 1150. The normalized spacial score (nSPS) is 10.9. The molecule has 1 aromatic heterocycles. The first-order chi connectivity index (χ1) is 13.5. The number of fused-ring (bicyclic) bond motifs is 1. The van der Waals surface area contributed by atoms with Gasteiger partial charge in [0, 0.05) is 10.6 Å². The molecular formula is C22H17BClNO3. The zero-order valence-electron chi connectivity index (χ0n) is 15.1. The maximum Gasteiger partial charge on any atom is 0.488 e. The van der Waals surface area contributed by atoms with Gasteiger partial charge in [0.2, 0.25) is 0 Å². The van der Waals surface area contributed by atoms with Crippen molar-refractivity contribution in [2.75, 3.05) is 7.11 Å². The summed E-state index contributed by atoms with van der Waals surface area (Å²) in [5, 5.41) is 20.3. The van der Waals surface area contributed by atoms with Crippen molar-refractivity contribution in [3.05, 3.63) is 77.8 Å². The minimum atomic E-state index is -1.50. The van der Waals surface area contributed by atoms with Gasteiger partial charge < -0.3 is 14.8 Å². The molecule has 0 atom stereocenters. The summed E-state index contributed by atoms with van der Waals surface area (Å²) in [7, 11) is 0.135. The molecule has 0 aliphatic rings. The Hall–Kier alpha value is -2.86. The number of hydrogen-bond donors (Lipinski definition) is 2. The summed E-state index contributed by atoms with van der Waals surface area (Å²) < 4.78 is 5.41. The van der Waals surface area contributed by atoms with Gasteiger partial charge >= 0.3 is 7.12 Å². The molecule has 4 nitrogen and oxygen atoms in total. The topological polar surface area (TPSA) is 62.6 Å². The predicted octanol–water partition coefficient (Wildman–Crippen LogP) is 3.91. The number of hydrogen-bond acceptors (Lipinski definition) is 4.